The molecule has 0 saturated heterocycles. The van der Waals surface area contributed by atoms with Gasteiger partial charge in [-0.25, -0.2) is 0 Å². The number of non-ortho nitro benzene ring substituents is 1. The van der Waals surface area contributed by atoms with Crippen molar-refractivity contribution in [2.75, 3.05) is 13.1 Å². The van der Waals surface area contributed by atoms with E-state index in [4.69, 9.17) is 0 Å². The Labute approximate surface area is 111 Å². The Morgan fingerprint density at radius 3 is 2.68 bits per heavy atom. The highest BCUT2D eigenvalue weighted by molar-refractivity contribution is 5.32. The number of aromatic nitrogens is 2. The van der Waals surface area contributed by atoms with E-state index in [1.807, 2.05) is 16.9 Å². The van der Waals surface area contributed by atoms with Gasteiger partial charge >= 0.3 is 0 Å². The SMILES string of the molecule is O=[N+]([O-])c1ccc(CCNCCn2cccn2)cc1. The van der Waals surface area contributed by atoms with Crippen molar-refractivity contribution in [2.45, 2.75) is 13.0 Å². The number of rotatable bonds is 7. The first-order valence-electron chi connectivity index (χ1n) is 6.17. The second kappa shape index (κ2) is 6.65. The molecule has 1 aromatic heterocycles. The van der Waals surface area contributed by atoms with E-state index in [-0.39, 0.29) is 10.6 Å². The molecule has 2 aromatic rings. The Balaban J connectivity index is 1.66. The van der Waals surface area contributed by atoms with Crippen molar-refractivity contribution in [3.63, 3.8) is 0 Å². The molecule has 0 radical (unpaired) electrons. The van der Waals surface area contributed by atoms with Crippen LogP contribution < -0.4 is 5.32 Å². The smallest absolute Gasteiger partial charge is 0.269 e. The molecule has 19 heavy (non-hydrogen) atoms. The summed E-state index contributed by atoms with van der Waals surface area (Å²) >= 11 is 0. The fourth-order valence-electron chi connectivity index (χ4n) is 1.77. The molecule has 0 aliphatic heterocycles. The van der Waals surface area contributed by atoms with E-state index < -0.39 is 0 Å². The summed E-state index contributed by atoms with van der Waals surface area (Å²) in [6.07, 6.45) is 4.55. The summed E-state index contributed by atoms with van der Waals surface area (Å²) in [5, 5.41) is 17.9. The van der Waals surface area contributed by atoms with Gasteiger partial charge in [-0.1, -0.05) is 12.1 Å². The van der Waals surface area contributed by atoms with Crippen molar-refractivity contribution in [1.29, 1.82) is 0 Å². The van der Waals surface area contributed by atoms with E-state index >= 15 is 0 Å². The highest BCUT2D eigenvalue weighted by Crippen LogP contribution is 2.11. The van der Waals surface area contributed by atoms with Crippen LogP contribution in [0.3, 0.4) is 0 Å². The molecule has 1 heterocycles. The van der Waals surface area contributed by atoms with Gasteiger partial charge in [-0.15, -0.1) is 0 Å². The van der Waals surface area contributed by atoms with Crippen molar-refractivity contribution >= 4 is 5.69 Å². The van der Waals surface area contributed by atoms with Crippen molar-refractivity contribution in [3.05, 3.63) is 58.4 Å². The van der Waals surface area contributed by atoms with Gasteiger partial charge in [0.05, 0.1) is 11.5 Å². The molecule has 0 aliphatic carbocycles. The first-order chi connectivity index (χ1) is 9.25. The highest BCUT2D eigenvalue weighted by Gasteiger charge is 2.03. The Bertz CT molecular complexity index is 508. The highest BCUT2D eigenvalue weighted by atomic mass is 16.6. The fraction of sp³-hybridized carbons (Fsp3) is 0.308. The molecule has 2 rings (SSSR count). The number of nitro groups is 1. The fourth-order valence-corrected chi connectivity index (χ4v) is 1.77. The first-order valence-corrected chi connectivity index (χ1v) is 6.17. The summed E-state index contributed by atoms with van der Waals surface area (Å²) in [4.78, 5) is 10.1. The summed E-state index contributed by atoms with van der Waals surface area (Å²) < 4.78 is 1.87. The molecule has 0 spiro atoms. The molecule has 0 aliphatic rings. The molecule has 0 fully saturated rings. The van der Waals surface area contributed by atoms with Gasteiger partial charge in [0.2, 0.25) is 0 Å². The zero-order valence-electron chi connectivity index (χ0n) is 10.5. The van der Waals surface area contributed by atoms with E-state index in [0.717, 1.165) is 31.6 Å². The van der Waals surface area contributed by atoms with Crippen molar-refractivity contribution < 1.29 is 4.92 Å². The summed E-state index contributed by atoms with van der Waals surface area (Å²) in [5.41, 5.74) is 1.23. The minimum Gasteiger partial charge on any atom is -0.315 e. The third-order valence-corrected chi connectivity index (χ3v) is 2.81. The number of nitrogens with one attached hydrogen (secondary N) is 1. The monoisotopic (exact) mass is 260 g/mol. The molecule has 0 unspecified atom stereocenters. The normalized spacial score (nSPS) is 10.5. The van der Waals surface area contributed by atoms with Crippen LogP contribution in [0.4, 0.5) is 5.69 Å². The van der Waals surface area contributed by atoms with Crippen LogP contribution in [0.5, 0.6) is 0 Å². The van der Waals surface area contributed by atoms with Gasteiger partial charge in [-0.2, -0.15) is 5.10 Å². The summed E-state index contributed by atoms with van der Waals surface area (Å²) in [5.74, 6) is 0. The number of nitro benzene ring substituents is 1. The predicted molar refractivity (Wildman–Crippen MR) is 71.9 cm³/mol. The molecule has 0 atom stereocenters. The van der Waals surface area contributed by atoms with Crippen LogP contribution in [0.1, 0.15) is 5.56 Å². The standard InChI is InChI=1S/C13H16N4O2/c18-17(19)13-4-2-12(3-5-13)6-8-14-9-11-16-10-1-7-15-16/h1-5,7,10,14H,6,8-9,11H2. The topological polar surface area (TPSA) is 73.0 Å². The molecule has 0 bridgehead atoms. The second-order valence-corrected chi connectivity index (χ2v) is 4.19. The first kappa shape index (κ1) is 13.2. The van der Waals surface area contributed by atoms with Crippen LogP contribution in [0, 0.1) is 10.1 Å². The second-order valence-electron chi connectivity index (χ2n) is 4.19. The molecule has 6 heteroatoms. The molecule has 0 saturated carbocycles. The predicted octanol–water partition coefficient (Wildman–Crippen LogP) is 1.62. The van der Waals surface area contributed by atoms with Crippen LogP contribution in [0.25, 0.3) is 0 Å². The van der Waals surface area contributed by atoms with E-state index in [1.165, 1.54) is 0 Å². The number of hydrogen-bond acceptors (Lipinski definition) is 4. The molecular formula is C13H16N4O2. The Morgan fingerprint density at radius 2 is 2.05 bits per heavy atom. The van der Waals surface area contributed by atoms with Crippen LogP contribution in [-0.2, 0) is 13.0 Å². The molecule has 0 amide bonds. The largest absolute Gasteiger partial charge is 0.315 e. The minimum absolute atomic E-state index is 0.135. The van der Waals surface area contributed by atoms with E-state index in [2.05, 4.69) is 10.4 Å². The van der Waals surface area contributed by atoms with Gasteiger partial charge in [0.25, 0.3) is 5.69 Å². The Morgan fingerprint density at radius 1 is 1.26 bits per heavy atom. The Hall–Kier alpha value is -2.21. The lowest BCUT2D eigenvalue weighted by molar-refractivity contribution is -0.384. The van der Waals surface area contributed by atoms with Crippen molar-refractivity contribution in [3.8, 4) is 0 Å². The lowest BCUT2D eigenvalue weighted by Crippen LogP contribution is -2.22. The van der Waals surface area contributed by atoms with Crippen molar-refractivity contribution in [1.82, 2.24) is 15.1 Å². The van der Waals surface area contributed by atoms with Crippen LogP contribution in [0.15, 0.2) is 42.7 Å². The average Bonchev–Trinajstić information content (AvgIpc) is 2.92. The van der Waals surface area contributed by atoms with Gasteiger partial charge in [0.1, 0.15) is 0 Å². The number of nitrogens with zero attached hydrogens (tertiary/aromatic N) is 3. The van der Waals surface area contributed by atoms with E-state index in [1.54, 1.807) is 30.5 Å². The van der Waals surface area contributed by atoms with Crippen LogP contribution in [-0.4, -0.2) is 27.8 Å². The van der Waals surface area contributed by atoms with Gasteiger partial charge in [-0.3, -0.25) is 14.8 Å². The molecule has 6 nitrogen and oxygen atoms in total. The van der Waals surface area contributed by atoms with E-state index in [9.17, 15) is 10.1 Å². The summed E-state index contributed by atoms with van der Waals surface area (Å²) in [6, 6.07) is 8.58. The average molecular weight is 260 g/mol. The molecule has 100 valence electrons. The summed E-state index contributed by atoms with van der Waals surface area (Å²) in [7, 11) is 0. The minimum atomic E-state index is -0.383. The Kier molecular flexibility index (Phi) is 4.63. The maximum absolute atomic E-state index is 10.5. The van der Waals surface area contributed by atoms with E-state index in [0.29, 0.717) is 0 Å². The summed E-state index contributed by atoms with van der Waals surface area (Å²) in [6.45, 7) is 2.54. The quantitative estimate of drug-likeness (QED) is 0.466. The van der Waals surface area contributed by atoms with Crippen molar-refractivity contribution in [2.24, 2.45) is 0 Å². The number of benzene rings is 1. The molecular weight excluding hydrogens is 244 g/mol. The number of hydrogen-bond donors (Lipinski definition) is 1. The molecule has 1 aromatic carbocycles. The lowest BCUT2D eigenvalue weighted by Gasteiger charge is -2.05. The zero-order valence-corrected chi connectivity index (χ0v) is 10.5. The van der Waals surface area contributed by atoms with Gasteiger partial charge in [0.15, 0.2) is 0 Å². The maximum atomic E-state index is 10.5. The zero-order chi connectivity index (χ0) is 13.5. The third kappa shape index (κ3) is 4.18. The van der Waals surface area contributed by atoms with Gasteiger partial charge < -0.3 is 5.32 Å². The van der Waals surface area contributed by atoms with Crippen LogP contribution in [0.2, 0.25) is 0 Å². The van der Waals surface area contributed by atoms with Gasteiger partial charge in [0, 0.05) is 31.1 Å². The molecule has 1 N–H and O–H groups in total. The van der Waals surface area contributed by atoms with Gasteiger partial charge in [-0.05, 0) is 24.6 Å². The lowest BCUT2D eigenvalue weighted by atomic mass is 10.1. The van der Waals surface area contributed by atoms with Crippen LogP contribution >= 0.6 is 0 Å². The third-order valence-electron chi connectivity index (χ3n) is 2.81. The maximum Gasteiger partial charge on any atom is 0.269 e.